The average molecular weight is 558 g/mol. The molecule has 1 aliphatic carbocycles. The van der Waals surface area contributed by atoms with Crippen LogP contribution in [0.1, 0.15) is 60.3 Å². The highest BCUT2D eigenvalue weighted by Gasteiger charge is 2.30. The molecule has 5 aromatic heterocycles. The number of hydrogen-bond donors (Lipinski definition) is 1. The summed E-state index contributed by atoms with van der Waals surface area (Å²) >= 11 is 0. The number of fused-ring (bicyclic) bond motifs is 7. The molecule has 1 aliphatic rings. The van der Waals surface area contributed by atoms with Crippen LogP contribution in [0.5, 0.6) is 0 Å². The molecule has 0 spiro atoms. The Morgan fingerprint density at radius 2 is 1.80 bits per heavy atom. The Morgan fingerprint density at radius 1 is 1.07 bits per heavy atom. The average Bonchev–Trinajstić information content (AvgIpc) is 3.45. The zero-order valence-electron chi connectivity index (χ0n) is 22.3. The van der Waals surface area contributed by atoms with Crippen LogP contribution in [0.25, 0.3) is 28.4 Å². The third-order valence-corrected chi connectivity index (χ3v) is 6.75. The van der Waals surface area contributed by atoms with Gasteiger partial charge in [-0.3, -0.25) is 4.79 Å². The van der Waals surface area contributed by atoms with Crippen LogP contribution < -0.4 is 16.6 Å². The van der Waals surface area contributed by atoms with E-state index in [9.17, 15) is 14.4 Å². The lowest BCUT2D eigenvalue weighted by atomic mass is 10.1. The summed E-state index contributed by atoms with van der Waals surface area (Å²) in [6.07, 6.45) is 6.75. The molecule has 5 heterocycles. The molecule has 0 unspecified atom stereocenters. The fraction of sp³-hybridized carbons (Fsp3) is 0.250. The second kappa shape index (κ2) is 10.1. The van der Waals surface area contributed by atoms with Crippen LogP contribution in [0.15, 0.2) is 67.6 Å². The summed E-state index contributed by atoms with van der Waals surface area (Å²) in [6.45, 7) is 5.42. The summed E-state index contributed by atoms with van der Waals surface area (Å²) in [7, 11) is 0. The number of benzene rings is 1. The van der Waals surface area contributed by atoms with Gasteiger partial charge < -0.3 is 23.3 Å². The molecule has 0 saturated heterocycles. The van der Waals surface area contributed by atoms with Crippen molar-refractivity contribution in [1.82, 2.24) is 29.3 Å². The van der Waals surface area contributed by atoms with Crippen LogP contribution in [-0.4, -0.2) is 35.2 Å². The van der Waals surface area contributed by atoms with Gasteiger partial charge in [0.1, 0.15) is 23.4 Å². The Morgan fingerprint density at radius 3 is 2.51 bits per heavy atom. The summed E-state index contributed by atoms with van der Waals surface area (Å²) in [5.41, 5.74) is -1.99. The lowest BCUT2D eigenvalue weighted by Gasteiger charge is -2.14. The minimum absolute atomic E-state index is 0.0507. The quantitative estimate of drug-likeness (QED) is 0.322. The van der Waals surface area contributed by atoms with Crippen LogP contribution in [0.2, 0.25) is 0 Å². The number of carbonyl (C=O) groups excluding carboxylic acids is 1. The number of pyridine rings is 1. The van der Waals surface area contributed by atoms with E-state index in [-0.39, 0.29) is 28.7 Å². The number of nitrogens with zero attached hydrogens (tertiary/aromatic N) is 6. The number of carbonyl (C=O) groups is 1. The molecule has 1 N–H and O–H groups in total. The second-order valence-electron chi connectivity index (χ2n) is 9.99. The Hall–Kier alpha value is -5.20. The van der Waals surface area contributed by atoms with E-state index in [1.54, 1.807) is 24.7 Å². The van der Waals surface area contributed by atoms with Crippen LogP contribution in [0, 0.1) is 12.7 Å². The molecule has 0 radical (unpaired) electrons. The number of rotatable bonds is 6. The van der Waals surface area contributed by atoms with Gasteiger partial charge in [-0.15, -0.1) is 10.2 Å². The number of imidazole rings is 1. The molecule has 0 atom stereocenters. The zero-order valence-corrected chi connectivity index (χ0v) is 22.3. The molecule has 1 saturated carbocycles. The maximum Gasteiger partial charge on any atom is 0.336 e. The standard InChI is InChI=1S/C28H24FN7O5/c1-14(2)36-13-31-34-27(36)17-5-4-6-19(32-17)33-28(39)22-23(29)25-15(3)24(35-11-18(30-12-35)16-7-8-16)26(22)41-21(38)10-9-20(37)40-25/h4-6,9-14,16H,7-8H2,1-3H3,(H,32,33,39). The molecule has 1 aromatic carbocycles. The molecule has 1 amide bonds. The SMILES string of the molecule is Cc1c(-n2cnc(C3CC3)c2)c2oc(=O)ccc(=O)oc1c(F)c2C(=O)Nc1cccc(-c2nncn2C(C)C)n1. The molecule has 7 rings (SSSR count). The fourth-order valence-electron chi connectivity index (χ4n) is 4.58. The van der Waals surface area contributed by atoms with Gasteiger partial charge in [0, 0.05) is 35.9 Å². The second-order valence-corrected chi connectivity index (χ2v) is 9.99. The number of aromatic nitrogens is 6. The van der Waals surface area contributed by atoms with E-state index in [4.69, 9.17) is 8.83 Å². The fourth-order valence-corrected chi connectivity index (χ4v) is 4.58. The number of aryl methyl sites for hydroxylation is 1. The number of halogens is 1. The van der Waals surface area contributed by atoms with Crippen LogP contribution in [0.3, 0.4) is 0 Å². The summed E-state index contributed by atoms with van der Waals surface area (Å²) < 4.78 is 30.2. The van der Waals surface area contributed by atoms with Gasteiger partial charge >= 0.3 is 11.3 Å². The van der Waals surface area contributed by atoms with Crippen molar-refractivity contribution in [3.8, 4) is 17.2 Å². The highest BCUT2D eigenvalue weighted by Crippen LogP contribution is 2.40. The van der Waals surface area contributed by atoms with Crippen molar-refractivity contribution in [3.63, 3.8) is 0 Å². The summed E-state index contributed by atoms with van der Waals surface area (Å²) in [6, 6.07) is 6.58. The first-order valence-electron chi connectivity index (χ1n) is 12.9. The Balaban J connectivity index is 1.53. The molecule has 6 aromatic rings. The maximum absolute atomic E-state index is 16.0. The predicted octanol–water partition coefficient (Wildman–Crippen LogP) is 4.31. The van der Waals surface area contributed by atoms with Crippen molar-refractivity contribution in [2.24, 2.45) is 0 Å². The predicted molar refractivity (Wildman–Crippen MR) is 145 cm³/mol. The topological polar surface area (TPSA) is 151 Å². The molecule has 1 fully saturated rings. The Bertz CT molecular complexity index is 1970. The van der Waals surface area contributed by atoms with Crippen molar-refractivity contribution >= 4 is 22.9 Å². The number of hydrogen-bond acceptors (Lipinski definition) is 9. The number of amides is 1. The van der Waals surface area contributed by atoms with E-state index >= 15 is 4.39 Å². The van der Waals surface area contributed by atoms with Crippen molar-refractivity contribution in [2.45, 2.75) is 45.6 Å². The monoisotopic (exact) mass is 557 g/mol. The first kappa shape index (κ1) is 26.0. The van der Waals surface area contributed by atoms with Gasteiger partial charge in [0.25, 0.3) is 5.91 Å². The molecule has 0 aliphatic heterocycles. The van der Waals surface area contributed by atoms with Crippen molar-refractivity contribution in [2.75, 3.05) is 5.32 Å². The van der Waals surface area contributed by atoms with E-state index in [1.807, 2.05) is 18.4 Å². The lowest BCUT2D eigenvalue weighted by Crippen LogP contribution is -2.18. The Labute approximate surface area is 231 Å². The van der Waals surface area contributed by atoms with E-state index in [0.29, 0.717) is 17.4 Å². The van der Waals surface area contributed by atoms with Crippen molar-refractivity contribution < 1.29 is 18.0 Å². The van der Waals surface area contributed by atoms with Gasteiger partial charge in [0.05, 0.1) is 17.7 Å². The van der Waals surface area contributed by atoms with E-state index in [1.165, 1.54) is 23.9 Å². The molecule has 208 valence electrons. The molecule has 41 heavy (non-hydrogen) atoms. The van der Waals surface area contributed by atoms with Gasteiger partial charge in [-0.1, -0.05) is 6.07 Å². The molecule has 13 heteroatoms. The minimum Gasteiger partial charge on any atom is -0.420 e. The van der Waals surface area contributed by atoms with Gasteiger partial charge in [0.15, 0.2) is 22.8 Å². The minimum atomic E-state index is -1.17. The van der Waals surface area contributed by atoms with Gasteiger partial charge in [-0.05, 0) is 45.7 Å². The highest BCUT2D eigenvalue weighted by atomic mass is 19.1. The Kier molecular flexibility index (Phi) is 6.40. The van der Waals surface area contributed by atoms with Crippen molar-refractivity contribution in [1.29, 1.82) is 0 Å². The third-order valence-electron chi connectivity index (χ3n) is 6.75. The van der Waals surface area contributed by atoms with Gasteiger partial charge in [0.2, 0.25) is 0 Å². The number of anilines is 1. The third kappa shape index (κ3) is 4.86. The first-order valence-corrected chi connectivity index (χ1v) is 12.9. The van der Waals surface area contributed by atoms with Crippen LogP contribution in [0.4, 0.5) is 10.2 Å². The first-order chi connectivity index (χ1) is 19.7. The van der Waals surface area contributed by atoms with Gasteiger partial charge in [-0.2, -0.15) is 0 Å². The molecule has 12 nitrogen and oxygen atoms in total. The van der Waals surface area contributed by atoms with Crippen LogP contribution in [-0.2, 0) is 0 Å². The zero-order chi connectivity index (χ0) is 28.8. The smallest absolute Gasteiger partial charge is 0.336 e. The van der Waals surface area contributed by atoms with E-state index in [2.05, 4.69) is 25.5 Å². The highest BCUT2D eigenvalue weighted by molar-refractivity contribution is 6.11. The van der Waals surface area contributed by atoms with Gasteiger partial charge in [-0.25, -0.2) is 23.9 Å². The van der Waals surface area contributed by atoms with E-state index in [0.717, 1.165) is 30.7 Å². The number of nitrogens with one attached hydrogen (secondary N) is 1. The van der Waals surface area contributed by atoms with Crippen molar-refractivity contribution in [3.05, 3.63) is 92.7 Å². The maximum atomic E-state index is 16.0. The summed E-state index contributed by atoms with van der Waals surface area (Å²) in [5.74, 6) is -1.30. The summed E-state index contributed by atoms with van der Waals surface area (Å²) in [4.78, 5) is 47.6. The molecular formula is C28H24FN7O5. The summed E-state index contributed by atoms with van der Waals surface area (Å²) in [5, 5.41) is 10.6. The molecule has 2 bridgehead atoms. The normalized spacial score (nSPS) is 13.1. The molecular weight excluding hydrogens is 533 g/mol. The largest absolute Gasteiger partial charge is 0.420 e. The lowest BCUT2D eigenvalue weighted by molar-refractivity contribution is 0.102. The van der Waals surface area contributed by atoms with Crippen LogP contribution >= 0.6 is 0 Å². The van der Waals surface area contributed by atoms with E-state index < -0.39 is 34.1 Å².